The molecule has 1 saturated heterocycles. The molecule has 29 heavy (non-hydrogen) atoms. The van der Waals surface area contributed by atoms with Crippen molar-refractivity contribution in [2.75, 3.05) is 29.6 Å². The highest BCUT2D eigenvalue weighted by Crippen LogP contribution is 2.31. The Morgan fingerprint density at radius 3 is 2.66 bits per heavy atom. The summed E-state index contributed by atoms with van der Waals surface area (Å²) in [6.45, 7) is 2.26. The molecule has 1 aromatic carbocycles. The molecule has 0 saturated carbocycles. The van der Waals surface area contributed by atoms with Crippen molar-refractivity contribution < 1.29 is 22.0 Å². The van der Waals surface area contributed by atoms with E-state index in [1.165, 1.54) is 18.2 Å². The van der Waals surface area contributed by atoms with Crippen molar-refractivity contribution in [3.63, 3.8) is 0 Å². The minimum absolute atomic E-state index is 0.0901. The molecule has 1 aliphatic rings. The first-order chi connectivity index (χ1) is 13.5. The summed E-state index contributed by atoms with van der Waals surface area (Å²) >= 11 is 0. The van der Waals surface area contributed by atoms with Crippen LogP contribution in [0.2, 0.25) is 0 Å². The largest absolute Gasteiger partial charge is 0.356 e. The van der Waals surface area contributed by atoms with Gasteiger partial charge in [0, 0.05) is 43.6 Å². The molecule has 1 aromatic heterocycles. The van der Waals surface area contributed by atoms with Gasteiger partial charge in [-0.2, -0.15) is 0 Å². The minimum atomic E-state index is -3.41. The van der Waals surface area contributed by atoms with Crippen molar-refractivity contribution in [3.05, 3.63) is 47.7 Å². The molecule has 2 heterocycles. The number of hydrogen-bond donors (Lipinski definition) is 1. The van der Waals surface area contributed by atoms with Gasteiger partial charge in [0.2, 0.25) is 5.92 Å². The molecule has 9 heteroatoms. The van der Waals surface area contributed by atoms with Gasteiger partial charge < -0.3 is 10.2 Å². The summed E-state index contributed by atoms with van der Waals surface area (Å²) in [4.78, 5) is 19.1. The fourth-order valence-electron chi connectivity index (χ4n) is 3.24. The Labute approximate surface area is 168 Å². The lowest BCUT2D eigenvalue weighted by Crippen LogP contribution is -2.29. The molecule has 0 spiro atoms. The molecule has 0 bridgehead atoms. The second-order valence-corrected chi connectivity index (χ2v) is 9.29. The van der Waals surface area contributed by atoms with E-state index in [9.17, 15) is 22.0 Å². The van der Waals surface area contributed by atoms with Crippen molar-refractivity contribution in [1.29, 1.82) is 0 Å². The third-order valence-corrected chi connectivity index (χ3v) is 5.91. The zero-order valence-corrected chi connectivity index (χ0v) is 17.1. The Morgan fingerprint density at radius 1 is 1.17 bits per heavy atom. The van der Waals surface area contributed by atoms with Crippen molar-refractivity contribution >= 4 is 27.2 Å². The quantitative estimate of drug-likeness (QED) is 0.812. The predicted molar refractivity (Wildman–Crippen MR) is 107 cm³/mol. The summed E-state index contributed by atoms with van der Waals surface area (Å²) in [6.07, 6.45) is 0.917. The Kier molecular flexibility index (Phi) is 5.88. The third-order valence-electron chi connectivity index (χ3n) is 4.80. The van der Waals surface area contributed by atoms with Gasteiger partial charge in [-0.1, -0.05) is 6.07 Å². The molecule has 3 rings (SSSR count). The van der Waals surface area contributed by atoms with E-state index in [1.54, 1.807) is 30.0 Å². The van der Waals surface area contributed by atoms with E-state index in [0.29, 0.717) is 30.2 Å². The van der Waals surface area contributed by atoms with Gasteiger partial charge in [0.15, 0.2) is 9.84 Å². The highest BCUT2D eigenvalue weighted by atomic mass is 32.2. The third kappa shape index (κ3) is 5.29. The zero-order valence-electron chi connectivity index (χ0n) is 16.3. The van der Waals surface area contributed by atoms with Gasteiger partial charge in [-0.15, -0.1) is 0 Å². The van der Waals surface area contributed by atoms with E-state index in [4.69, 9.17) is 0 Å². The van der Waals surface area contributed by atoms with Crippen molar-refractivity contribution in [2.24, 2.45) is 0 Å². The summed E-state index contributed by atoms with van der Waals surface area (Å²) < 4.78 is 50.9. The molecule has 1 amide bonds. The van der Waals surface area contributed by atoms with E-state index in [-0.39, 0.29) is 29.8 Å². The topological polar surface area (TPSA) is 79.4 Å². The van der Waals surface area contributed by atoms with Gasteiger partial charge in [0.1, 0.15) is 5.82 Å². The number of alkyl halides is 2. The number of halogens is 2. The number of carbonyl (C=O) groups is 1. The van der Waals surface area contributed by atoms with Gasteiger partial charge in [-0.25, -0.2) is 22.2 Å². The summed E-state index contributed by atoms with van der Waals surface area (Å²) in [6, 6.07) is 9.23. The molecule has 156 valence electrons. The van der Waals surface area contributed by atoms with Crippen LogP contribution in [-0.2, 0) is 9.84 Å². The molecule has 0 atom stereocenters. The summed E-state index contributed by atoms with van der Waals surface area (Å²) in [7, 11) is -3.41. The number of aromatic nitrogens is 1. The van der Waals surface area contributed by atoms with E-state index in [2.05, 4.69) is 10.3 Å². The molecular formula is C20H23F2N3O3S. The number of sulfone groups is 1. The van der Waals surface area contributed by atoms with Crippen molar-refractivity contribution in [3.8, 4) is 0 Å². The van der Waals surface area contributed by atoms with Gasteiger partial charge in [-0.05, 0) is 43.7 Å². The molecule has 1 fully saturated rings. The Morgan fingerprint density at radius 2 is 1.93 bits per heavy atom. The number of rotatable bonds is 4. The Hall–Kier alpha value is -2.55. The molecule has 0 aliphatic carbocycles. The number of nitrogens with one attached hydrogen (secondary N) is 1. The first-order valence-electron chi connectivity index (χ1n) is 9.27. The van der Waals surface area contributed by atoms with Crippen LogP contribution in [0.1, 0.15) is 35.3 Å². The maximum atomic E-state index is 13.7. The normalized spacial score (nSPS) is 16.9. The molecular weight excluding hydrogens is 400 g/mol. The van der Waals surface area contributed by atoms with Crippen LogP contribution < -0.4 is 10.2 Å². The lowest BCUT2D eigenvalue weighted by atomic mass is 10.1. The van der Waals surface area contributed by atoms with Crippen LogP contribution in [0.15, 0.2) is 41.3 Å². The number of anilines is 2. The number of aryl methyl sites for hydroxylation is 1. The van der Waals surface area contributed by atoms with E-state index >= 15 is 0 Å². The van der Waals surface area contributed by atoms with Gasteiger partial charge in [0.25, 0.3) is 5.91 Å². The van der Waals surface area contributed by atoms with E-state index in [0.717, 1.165) is 6.26 Å². The van der Waals surface area contributed by atoms with Crippen LogP contribution in [0, 0.1) is 6.92 Å². The maximum absolute atomic E-state index is 13.7. The van der Waals surface area contributed by atoms with Crippen LogP contribution >= 0.6 is 0 Å². The Bertz CT molecular complexity index is 1030. The number of carbonyl (C=O) groups excluding carboxylic acids is 1. The smallest absolute Gasteiger partial charge is 0.259 e. The van der Waals surface area contributed by atoms with Crippen LogP contribution in [0.4, 0.5) is 20.3 Å². The molecule has 1 N–H and O–H groups in total. The highest BCUT2D eigenvalue weighted by molar-refractivity contribution is 7.90. The molecule has 2 aromatic rings. The van der Waals surface area contributed by atoms with Gasteiger partial charge in [0.05, 0.1) is 10.5 Å². The molecule has 1 aliphatic heterocycles. The first kappa shape index (κ1) is 21.2. The van der Waals surface area contributed by atoms with Crippen molar-refractivity contribution in [1.82, 2.24) is 4.98 Å². The fourth-order valence-corrected chi connectivity index (χ4v) is 3.91. The molecule has 0 unspecified atom stereocenters. The van der Waals surface area contributed by atoms with Crippen LogP contribution in [0.3, 0.4) is 0 Å². The van der Waals surface area contributed by atoms with Crippen LogP contribution in [-0.4, -0.2) is 44.6 Å². The number of nitrogens with zero attached hydrogens (tertiary/aromatic N) is 2. The molecule has 6 nitrogen and oxygen atoms in total. The Balaban J connectivity index is 1.88. The second kappa shape index (κ2) is 8.06. The number of pyridine rings is 1. The predicted octanol–water partition coefficient (Wildman–Crippen LogP) is 3.67. The molecule has 0 radical (unpaired) electrons. The fraction of sp³-hybridized carbons (Fsp3) is 0.400. The van der Waals surface area contributed by atoms with Crippen LogP contribution in [0.25, 0.3) is 0 Å². The zero-order chi connectivity index (χ0) is 21.2. The average Bonchev–Trinajstić information content (AvgIpc) is 2.81. The van der Waals surface area contributed by atoms with Gasteiger partial charge in [-0.3, -0.25) is 4.79 Å². The number of benzene rings is 1. The second-order valence-electron chi connectivity index (χ2n) is 7.27. The number of hydrogen-bond acceptors (Lipinski definition) is 5. The summed E-state index contributed by atoms with van der Waals surface area (Å²) in [5, 5.41) is 2.68. The first-order valence-corrected chi connectivity index (χ1v) is 11.2. The summed E-state index contributed by atoms with van der Waals surface area (Å²) in [5.74, 6) is -2.83. The lowest BCUT2D eigenvalue weighted by Gasteiger charge is -2.24. The number of amides is 1. The summed E-state index contributed by atoms with van der Waals surface area (Å²) in [5.41, 5.74) is 1.25. The van der Waals surface area contributed by atoms with E-state index in [1.807, 2.05) is 0 Å². The minimum Gasteiger partial charge on any atom is -0.356 e. The highest BCUT2D eigenvalue weighted by Gasteiger charge is 2.33. The lowest BCUT2D eigenvalue weighted by molar-refractivity contribution is -0.0102. The van der Waals surface area contributed by atoms with E-state index < -0.39 is 21.7 Å². The average molecular weight is 423 g/mol. The van der Waals surface area contributed by atoms with Gasteiger partial charge >= 0.3 is 0 Å². The van der Waals surface area contributed by atoms with Crippen molar-refractivity contribution in [2.45, 2.75) is 37.0 Å². The maximum Gasteiger partial charge on any atom is 0.259 e. The van der Waals surface area contributed by atoms with Crippen LogP contribution in [0.5, 0.6) is 0 Å². The monoisotopic (exact) mass is 423 g/mol. The SMILES string of the molecule is Cc1ccc(C(=O)Nc2cccc(S(C)(=O)=O)c2)c(N2CCCC(F)(F)CC2)n1. The standard InChI is InChI=1S/C20H23F2N3O3S/c1-14-7-8-17(18(23-14)25-11-4-9-20(21,22)10-12-25)19(26)24-15-5-3-6-16(13-15)29(2,27)28/h3,5-8,13H,4,9-12H2,1-2H3,(H,24,26).